The molecule has 112 valence electrons. The van der Waals surface area contributed by atoms with Gasteiger partial charge in [0.15, 0.2) is 0 Å². The summed E-state index contributed by atoms with van der Waals surface area (Å²) < 4.78 is 0. The molecule has 0 spiro atoms. The van der Waals surface area contributed by atoms with Crippen LogP contribution in [0.25, 0.3) is 0 Å². The van der Waals surface area contributed by atoms with Gasteiger partial charge in [0, 0.05) is 11.9 Å². The van der Waals surface area contributed by atoms with Crippen molar-refractivity contribution in [1.82, 2.24) is 0 Å². The summed E-state index contributed by atoms with van der Waals surface area (Å²) in [6, 6.07) is 8.92. The highest BCUT2D eigenvalue weighted by Crippen LogP contribution is 2.53. The molecule has 0 atom stereocenters. The Kier molecular flexibility index (Phi) is 5.83. The highest BCUT2D eigenvalue weighted by Gasteiger charge is 2.41. The first kappa shape index (κ1) is 15.8. The summed E-state index contributed by atoms with van der Waals surface area (Å²) in [6.07, 6.45) is 10.7. The SMILES string of the molecule is CCCCCC1(CCCCC)Sc2ccccc2N1C. The van der Waals surface area contributed by atoms with Crippen LogP contribution in [0.3, 0.4) is 0 Å². The quantitative estimate of drug-likeness (QED) is 0.533. The Morgan fingerprint density at radius 2 is 1.55 bits per heavy atom. The molecule has 0 amide bonds. The second kappa shape index (κ2) is 7.40. The van der Waals surface area contributed by atoms with Gasteiger partial charge in [-0.2, -0.15) is 0 Å². The lowest BCUT2D eigenvalue weighted by Gasteiger charge is -2.37. The van der Waals surface area contributed by atoms with Gasteiger partial charge >= 0.3 is 0 Å². The van der Waals surface area contributed by atoms with Gasteiger partial charge in [-0.25, -0.2) is 0 Å². The minimum Gasteiger partial charge on any atom is -0.359 e. The van der Waals surface area contributed by atoms with Crippen LogP contribution in [-0.4, -0.2) is 11.9 Å². The van der Waals surface area contributed by atoms with E-state index in [9.17, 15) is 0 Å². The van der Waals surface area contributed by atoms with Crippen molar-refractivity contribution < 1.29 is 0 Å². The van der Waals surface area contributed by atoms with Crippen LogP contribution in [0, 0.1) is 0 Å². The topological polar surface area (TPSA) is 3.24 Å². The maximum absolute atomic E-state index is 2.57. The Morgan fingerprint density at radius 3 is 2.10 bits per heavy atom. The van der Waals surface area contributed by atoms with Gasteiger partial charge in [0.1, 0.15) is 0 Å². The molecule has 0 N–H and O–H groups in total. The third-order valence-electron chi connectivity index (χ3n) is 4.48. The number of para-hydroxylation sites is 1. The molecule has 0 unspecified atom stereocenters. The normalized spacial score (nSPS) is 16.4. The van der Waals surface area contributed by atoms with Crippen molar-refractivity contribution in [3.05, 3.63) is 24.3 Å². The number of fused-ring (bicyclic) bond motifs is 1. The van der Waals surface area contributed by atoms with Gasteiger partial charge in [0.05, 0.1) is 10.6 Å². The lowest BCUT2D eigenvalue weighted by atomic mass is 9.99. The van der Waals surface area contributed by atoms with E-state index in [2.05, 4.69) is 61.8 Å². The third-order valence-corrected chi connectivity index (χ3v) is 6.11. The number of unbranched alkanes of at least 4 members (excludes halogenated alkanes) is 4. The van der Waals surface area contributed by atoms with Crippen LogP contribution < -0.4 is 4.90 Å². The molecule has 0 fully saturated rings. The number of nitrogens with zero attached hydrogens (tertiary/aromatic N) is 1. The Bertz CT molecular complexity index is 406. The molecule has 1 heterocycles. The number of hydrogen-bond acceptors (Lipinski definition) is 2. The summed E-state index contributed by atoms with van der Waals surface area (Å²) in [5.41, 5.74) is 1.44. The van der Waals surface area contributed by atoms with Gasteiger partial charge in [-0.05, 0) is 25.0 Å². The van der Waals surface area contributed by atoms with Crippen molar-refractivity contribution >= 4 is 17.4 Å². The van der Waals surface area contributed by atoms with Crippen LogP contribution in [0.1, 0.15) is 65.2 Å². The van der Waals surface area contributed by atoms with Crippen molar-refractivity contribution in [2.45, 2.75) is 75.0 Å². The lowest BCUT2D eigenvalue weighted by molar-refractivity contribution is 0.452. The van der Waals surface area contributed by atoms with Crippen LogP contribution in [-0.2, 0) is 0 Å². The predicted molar refractivity (Wildman–Crippen MR) is 91.7 cm³/mol. The Morgan fingerprint density at radius 1 is 0.950 bits per heavy atom. The van der Waals surface area contributed by atoms with Crippen molar-refractivity contribution in [2.75, 3.05) is 11.9 Å². The van der Waals surface area contributed by atoms with E-state index in [1.54, 1.807) is 0 Å². The van der Waals surface area contributed by atoms with Crippen molar-refractivity contribution in [3.8, 4) is 0 Å². The highest BCUT2D eigenvalue weighted by atomic mass is 32.2. The van der Waals surface area contributed by atoms with Gasteiger partial charge in [-0.15, -0.1) is 0 Å². The summed E-state index contributed by atoms with van der Waals surface area (Å²) in [6.45, 7) is 4.59. The fourth-order valence-corrected chi connectivity index (χ4v) is 4.77. The number of rotatable bonds is 8. The largest absolute Gasteiger partial charge is 0.359 e. The second-order valence-corrected chi connectivity index (χ2v) is 7.39. The Balaban J connectivity index is 2.11. The van der Waals surface area contributed by atoms with Crippen LogP contribution in [0.4, 0.5) is 5.69 Å². The molecule has 0 saturated heterocycles. The monoisotopic (exact) mass is 291 g/mol. The van der Waals surface area contributed by atoms with Crippen molar-refractivity contribution in [3.63, 3.8) is 0 Å². The van der Waals surface area contributed by atoms with Gasteiger partial charge in [-0.1, -0.05) is 76.3 Å². The number of hydrogen-bond donors (Lipinski definition) is 0. The zero-order valence-corrected chi connectivity index (χ0v) is 14.1. The lowest BCUT2D eigenvalue weighted by Crippen LogP contribution is -2.40. The molecule has 0 bridgehead atoms. The molecule has 1 aliphatic heterocycles. The van der Waals surface area contributed by atoms with Gasteiger partial charge < -0.3 is 4.90 Å². The van der Waals surface area contributed by atoms with Crippen LogP contribution in [0.15, 0.2) is 29.2 Å². The molecule has 0 aromatic heterocycles. The minimum atomic E-state index is 0.314. The summed E-state index contributed by atoms with van der Waals surface area (Å²) in [5.74, 6) is 0. The molecule has 1 aromatic rings. The molecular formula is C18H29NS. The molecule has 2 heteroatoms. The molecule has 0 saturated carbocycles. The van der Waals surface area contributed by atoms with E-state index in [1.165, 1.54) is 61.9 Å². The molecule has 20 heavy (non-hydrogen) atoms. The first-order chi connectivity index (χ1) is 9.73. The average Bonchev–Trinajstić information content (AvgIpc) is 2.74. The summed E-state index contributed by atoms with van der Waals surface area (Å²) in [5, 5.41) is 0. The predicted octanol–water partition coefficient (Wildman–Crippen LogP) is 6.09. The third kappa shape index (κ3) is 3.33. The van der Waals surface area contributed by atoms with E-state index in [0.29, 0.717) is 4.87 Å². The highest BCUT2D eigenvalue weighted by molar-refractivity contribution is 8.01. The zero-order valence-electron chi connectivity index (χ0n) is 13.3. The van der Waals surface area contributed by atoms with Crippen molar-refractivity contribution in [2.24, 2.45) is 0 Å². The van der Waals surface area contributed by atoms with Crippen molar-refractivity contribution in [1.29, 1.82) is 0 Å². The molecule has 1 aromatic carbocycles. The maximum atomic E-state index is 2.57. The van der Waals surface area contributed by atoms with E-state index in [-0.39, 0.29) is 0 Å². The fourth-order valence-electron chi connectivity index (χ4n) is 3.18. The molecule has 2 rings (SSSR count). The second-order valence-electron chi connectivity index (χ2n) is 5.99. The number of thioether (sulfide) groups is 1. The molecule has 1 aliphatic rings. The first-order valence-corrected chi connectivity index (χ1v) is 9.07. The fraction of sp³-hybridized carbons (Fsp3) is 0.667. The number of benzene rings is 1. The Labute approximate surface area is 129 Å². The standard InChI is InChI=1S/C18H29NS/c1-4-6-10-14-18(15-11-7-5-2)19(3)16-12-8-9-13-17(16)20-18/h8-9,12-13H,4-7,10-11,14-15H2,1-3H3. The molecule has 1 nitrogen and oxygen atoms in total. The van der Waals surface area contributed by atoms with Gasteiger partial charge in [-0.3, -0.25) is 0 Å². The zero-order chi connectivity index (χ0) is 14.4. The van der Waals surface area contributed by atoms with E-state index in [0.717, 1.165) is 0 Å². The van der Waals surface area contributed by atoms with E-state index in [1.807, 2.05) is 0 Å². The molecular weight excluding hydrogens is 262 g/mol. The van der Waals surface area contributed by atoms with Gasteiger partial charge in [0.25, 0.3) is 0 Å². The summed E-state index contributed by atoms with van der Waals surface area (Å²) in [7, 11) is 2.30. The molecule has 0 radical (unpaired) electrons. The van der Waals surface area contributed by atoms with E-state index >= 15 is 0 Å². The Hall–Kier alpha value is -0.630. The average molecular weight is 292 g/mol. The van der Waals surface area contributed by atoms with Crippen LogP contribution in [0.5, 0.6) is 0 Å². The first-order valence-electron chi connectivity index (χ1n) is 8.25. The summed E-state index contributed by atoms with van der Waals surface area (Å²) >= 11 is 2.12. The minimum absolute atomic E-state index is 0.314. The smallest absolute Gasteiger partial charge is 0.0904 e. The number of anilines is 1. The summed E-state index contributed by atoms with van der Waals surface area (Å²) in [4.78, 5) is 4.36. The van der Waals surface area contributed by atoms with E-state index < -0.39 is 0 Å². The van der Waals surface area contributed by atoms with E-state index in [4.69, 9.17) is 0 Å². The van der Waals surface area contributed by atoms with Crippen LogP contribution >= 0.6 is 11.8 Å². The maximum Gasteiger partial charge on any atom is 0.0904 e. The van der Waals surface area contributed by atoms with Crippen LogP contribution in [0.2, 0.25) is 0 Å². The molecule has 0 aliphatic carbocycles. The van der Waals surface area contributed by atoms with Gasteiger partial charge in [0.2, 0.25) is 0 Å².